The molecule has 2 aromatic carbocycles. The maximum Gasteiger partial charge on any atom is 0.268 e. The van der Waals surface area contributed by atoms with Gasteiger partial charge in [0.25, 0.3) is 11.8 Å². The molecule has 0 radical (unpaired) electrons. The number of rotatable bonds is 5. The zero-order valence-corrected chi connectivity index (χ0v) is 17.4. The summed E-state index contributed by atoms with van der Waals surface area (Å²) in [5, 5.41) is 17.6. The van der Waals surface area contributed by atoms with Crippen LogP contribution in [-0.2, 0) is 6.61 Å². The number of carbonyl (C=O) groups is 1. The van der Waals surface area contributed by atoms with Crippen molar-refractivity contribution in [1.29, 1.82) is 0 Å². The highest BCUT2D eigenvalue weighted by Gasteiger charge is 2.17. The van der Waals surface area contributed by atoms with E-state index in [9.17, 15) is 9.90 Å². The second-order valence-electron chi connectivity index (χ2n) is 7.24. The predicted octanol–water partition coefficient (Wildman–Crippen LogP) is 3.36. The van der Waals surface area contributed by atoms with Crippen molar-refractivity contribution >= 4 is 5.91 Å². The third-order valence-electron chi connectivity index (χ3n) is 4.77. The molecule has 0 aliphatic heterocycles. The van der Waals surface area contributed by atoms with Gasteiger partial charge >= 0.3 is 0 Å². The molecule has 4 rings (SSSR count). The normalized spacial score (nSPS) is 10.8. The Morgan fingerprint density at radius 3 is 2.48 bits per heavy atom. The Morgan fingerprint density at radius 1 is 1.03 bits per heavy atom. The highest BCUT2D eigenvalue weighted by Crippen LogP contribution is 2.27. The van der Waals surface area contributed by atoms with Gasteiger partial charge in [0.15, 0.2) is 0 Å². The van der Waals surface area contributed by atoms with Crippen LogP contribution in [0.25, 0.3) is 34.3 Å². The van der Waals surface area contributed by atoms with Gasteiger partial charge in [-0.1, -0.05) is 24.3 Å². The smallest absolute Gasteiger partial charge is 0.268 e. The summed E-state index contributed by atoms with van der Waals surface area (Å²) in [5.41, 5.74) is 4.66. The van der Waals surface area contributed by atoms with Gasteiger partial charge in [-0.25, -0.2) is 4.98 Å². The van der Waals surface area contributed by atoms with Crippen LogP contribution < -0.4 is 0 Å². The lowest BCUT2D eigenvalue weighted by Crippen LogP contribution is -2.21. The van der Waals surface area contributed by atoms with Crippen molar-refractivity contribution in [3.05, 3.63) is 71.5 Å². The van der Waals surface area contributed by atoms with E-state index in [1.54, 1.807) is 38.5 Å². The number of aliphatic hydroxyl groups excluding tert-OH is 1. The van der Waals surface area contributed by atoms with Crippen LogP contribution in [0, 0.1) is 6.92 Å². The van der Waals surface area contributed by atoms with Gasteiger partial charge in [-0.3, -0.25) is 9.78 Å². The molecule has 0 atom stereocenters. The third-order valence-corrected chi connectivity index (χ3v) is 4.77. The maximum absolute atomic E-state index is 12.1. The first-order valence-electron chi connectivity index (χ1n) is 9.66. The van der Waals surface area contributed by atoms with Gasteiger partial charge in [0.1, 0.15) is 5.69 Å². The number of benzene rings is 2. The summed E-state index contributed by atoms with van der Waals surface area (Å²) >= 11 is 0. The minimum Gasteiger partial charge on any atom is -0.415 e. The number of aliphatic hydroxyl groups is 1. The van der Waals surface area contributed by atoms with Crippen molar-refractivity contribution in [2.45, 2.75) is 13.5 Å². The Bertz CT molecular complexity index is 1230. The van der Waals surface area contributed by atoms with Gasteiger partial charge in [-0.05, 0) is 36.8 Å². The quantitative estimate of drug-likeness (QED) is 0.533. The highest BCUT2D eigenvalue weighted by molar-refractivity contribution is 5.94. The molecule has 8 heteroatoms. The first kappa shape index (κ1) is 20.4. The standard InChI is InChI=1S/C23H21N5O3/c1-14-20(22-27-26-21(31-22)18-6-4-5-15(11-18)13-29)25-19(12-24-14)16-7-9-17(10-8-16)23(30)28(2)3/h4-12,29H,13H2,1-3H3. The second-order valence-corrected chi connectivity index (χ2v) is 7.24. The Hall–Kier alpha value is -3.91. The molecule has 0 spiro atoms. The fourth-order valence-corrected chi connectivity index (χ4v) is 3.07. The minimum absolute atomic E-state index is 0.0640. The molecule has 2 heterocycles. The van der Waals surface area contributed by atoms with Crippen molar-refractivity contribution in [2.24, 2.45) is 0 Å². The fraction of sp³-hybridized carbons (Fsp3) is 0.174. The van der Waals surface area contributed by atoms with Gasteiger partial charge in [0, 0.05) is 30.8 Å². The molecule has 0 unspecified atom stereocenters. The Balaban J connectivity index is 1.66. The maximum atomic E-state index is 12.1. The molecule has 8 nitrogen and oxygen atoms in total. The van der Waals surface area contributed by atoms with Gasteiger partial charge in [0.2, 0.25) is 5.89 Å². The van der Waals surface area contributed by atoms with Crippen molar-refractivity contribution in [3.63, 3.8) is 0 Å². The molecule has 4 aromatic rings. The zero-order chi connectivity index (χ0) is 22.0. The van der Waals surface area contributed by atoms with E-state index in [-0.39, 0.29) is 18.4 Å². The minimum atomic E-state index is -0.0691. The Morgan fingerprint density at radius 2 is 1.77 bits per heavy atom. The van der Waals surface area contributed by atoms with Gasteiger partial charge in [-0.2, -0.15) is 0 Å². The van der Waals surface area contributed by atoms with E-state index in [2.05, 4.69) is 20.2 Å². The first-order valence-corrected chi connectivity index (χ1v) is 9.66. The summed E-state index contributed by atoms with van der Waals surface area (Å²) < 4.78 is 5.85. The van der Waals surface area contributed by atoms with Crippen LogP contribution in [0.5, 0.6) is 0 Å². The summed E-state index contributed by atoms with van der Waals surface area (Å²) in [7, 11) is 3.43. The zero-order valence-electron chi connectivity index (χ0n) is 17.4. The molecule has 0 bridgehead atoms. The number of aromatic nitrogens is 4. The average Bonchev–Trinajstić information content (AvgIpc) is 3.29. The van der Waals surface area contributed by atoms with Crippen molar-refractivity contribution < 1.29 is 14.3 Å². The monoisotopic (exact) mass is 415 g/mol. The lowest BCUT2D eigenvalue weighted by molar-refractivity contribution is 0.0827. The number of amides is 1. The molecular weight excluding hydrogens is 394 g/mol. The largest absolute Gasteiger partial charge is 0.415 e. The molecule has 0 saturated heterocycles. The first-order chi connectivity index (χ1) is 15.0. The summed E-state index contributed by atoms with van der Waals surface area (Å²) in [5.74, 6) is 0.532. The number of aryl methyl sites for hydroxylation is 1. The van der Waals surface area contributed by atoms with Crippen LogP contribution in [0.4, 0.5) is 0 Å². The van der Waals surface area contributed by atoms with E-state index in [4.69, 9.17) is 4.42 Å². The molecule has 2 aromatic heterocycles. The third kappa shape index (κ3) is 4.19. The van der Waals surface area contributed by atoms with Crippen molar-refractivity contribution in [1.82, 2.24) is 25.1 Å². The predicted molar refractivity (Wildman–Crippen MR) is 115 cm³/mol. The van der Waals surface area contributed by atoms with Crippen LogP contribution in [0.3, 0.4) is 0 Å². The molecule has 0 saturated carbocycles. The number of hydrogen-bond donors (Lipinski definition) is 1. The SMILES string of the molecule is Cc1ncc(-c2ccc(C(=O)N(C)C)cc2)nc1-c1nnc(-c2cccc(CO)c2)o1. The van der Waals surface area contributed by atoms with Crippen LogP contribution in [0.15, 0.2) is 59.1 Å². The van der Waals surface area contributed by atoms with Crippen molar-refractivity contribution in [2.75, 3.05) is 14.1 Å². The molecule has 0 fully saturated rings. The van der Waals surface area contributed by atoms with Crippen LogP contribution in [-0.4, -0.2) is 50.2 Å². The number of nitrogens with zero attached hydrogens (tertiary/aromatic N) is 5. The van der Waals surface area contributed by atoms with Gasteiger partial charge in [0.05, 0.1) is 24.2 Å². The highest BCUT2D eigenvalue weighted by atomic mass is 16.4. The molecule has 1 N–H and O–H groups in total. The average molecular weight is 415 g/mol. The molecule has 156 valence electrons. The number of hydrogen-bond acceptors (Lipinski definition) is 7. The Labute approximate surface area is 179 Å². The van der Waals surface area contributed by atoms with E-state index in [1.165, 1.54) is 4.90 Å². The van der Waals surface area contributed by atoms with E-state index in [0.29, 0.717) is 34.1 Å². The molecular formula is C23H21N5O3. The van der Waals surface area contributed by atoms with Crippen LogP contribution >= 0.6 is 0 Å². The molecule has 1 amide bonds. The van der Waals surface area contributed by atoms with E-state index < -0.39 is 0 Å². The topological polar surface area (TPSA) is 105 Å². The summed E-state index contributed by atoms with van der Waals surface area (Å²) in [6.45, 7) is 1.75. The van der Waals surface area contributed by atoms with Gasteiger partial charge < -0.3 is 14.4 Å². The summed E-state index contributed by atoms with van der Waals surface area (Å²) in [6, 6.07) is 14.5. The summed E-state index contributed by atoms with van der Waals surface area (Å²) in [6.07, 6.45) is 1.67. The lowest BCUT2D eigenvalue weighted by atomic mass is 10.1. The lowest BCUT2D eigenvalue weighted by Gasteiger charge is -2.10. The fourth-order valence-electron chi connectivity index (χ4n) is 3.07. The van der Waals surface area contributed by atoms with Crippen molar-refractivity contribution in [3.8, 4) is 34.3 Å². The molecule has 0 aliphatic carbocycles. The van der Waals surface area contributed by atoms with Gasteiger partial charge in [-0.15, -0.1) is 10.2 Å². The second kappa shape index (κ2) is 8.45. The summed E-state index contributed by atoms with van der Waals surface area (Å²) in [4.78, 5) is 22.7. The molecule has 0 aliphatic rings. The van der Waals surface area contributed by atoms with E-state index >= 15 is 0 Å². The van der Waals surface area contributed by atoms with Crippen LogP contribution in [0.2, 0.25) is 0 Å². The number of carbonyl (C=O) groups excluding carboxylic acids is 1. The van der Waals surface area contributed by atoms with E-state index in [1.807, 2.05) is 37.3 Å². The Kier molecular flexibility index (Phi) is 5.55. The molecule has 31 heavy (non-hydrogen) atoms. The van der Waals surface area contributed by atoms with E-state index in [0.717, 1.165) is 11.1 Å². The van der Waals surface area contributed by atoms with Crippen LogP contribution in [0.1, 0.15) is 21.6 Å².